The van der Waals surface area contributed by atoms with Crippen molar-refractivity contribution in [3.05, 3.63) is 76.5 Å². The Kier molecular flexibility index (Phi) is 4.33. The molecule has 1 N–H and O–H groups in total. The van der Waals surface area contributed by atoms with Crippen molar-refractivity contribution in [3.63, 3.8) is 0 Å². The van der Waals surface area contributed by atoms with Gasteiger partial charge in [-0.25, -0.2) is 0 Å². The zero-order chi connectivity index (χ0) is 16.4. The summed E-state index contributed by atoms with van der Waals surface area (Å²) < 4.78 is 0. The third-order valence-corrected chi connectivity index (χ3v) is 5.15. The maximum Gasteiger partial charge on any atom is 0.207 e. The molecular formula is C20H22O2Si. The van der Waals surface area contributed by atoms with E-state index in [9.17, 15) is 9.59 Å². The number of benzene rings is 2. The molecule has 0 bridgehead atoms. The van der Waals surface area contributed by atoms with E-state index >= 15 is 0 Å². The zero-order valence-electron chi connectivity index (χ0n) is 13.7. The summed E-state index contributed by atoms with van der Waals surface area (Å²) in [6, 6.07) is 16.1. The quantitative estimate of drug-likeness (QED) is 0.852. The molecule has 2 aromatic rings. The minimum Gasteiger partial charge on any atom is -0.428 e. The van der Waals surface area contributed by atoms with E-state index in [0.717, 1.165) is 40.7 Å². The summed E-state index contributed by atoms with van der Waals surface area (Å²) in [6.07, 6.45) is 2.50. The second-order valence-electron chi connectivity index (χ2n) is 6.69. The van der Waals surface area contributed by atoms with Gasteiger partial charge in [0.25, 0.3) is 0 Å². The number of rotatable bonds is 3. The van der Waals surface area contributed by atoms with Gasteiger partial charge in [0, 0.05) is 12.0 Å². The molecule has 118 valence electrons. The molecule has 23 heavy (non-hydrogen) atoms. The SMILES string of the molecule is C[Si](C)(O)/C=C(\c1ccccc1)c1cccc2c1C(=O)CCC2. The monoisotopic (exact) mass is 322 g/mol. The number of hydrogen-bond acceptors (Lipinski definition) is 2. The molecule has 2 nitrogen and oxygen atoms in total. The van der Waals surface area contributed by atoms with E-state index in [1.165, 1.54) is 0 Å². The average molecular weight is 322 g/mol. The molecule has 0 fully saturated rings. The predicted octanol–water partition coefficient (Wildman–Crippen LogP) is 4.37. The Balaban J connectivity index is 2.24. The van der Waals surface area contributed by atoms with Crippen LogP contribution in [0.4, 0.5) is 0 Å². The van der Waals surface area contributed by atoms with Gasteiger partial charge in [-0.2, -0.15) is 0 Å². The molecule has 0 spiro atoms. The van der Waals surface area contributed by atoms with Crippen LogP contribution >= 0.6 is 0 Å². The molecule has 3 heteroatoms. The van der Waals surface area contributed by atoms with E-state index < -0.39 is 8.32 Å². The van der Waals surface area contributed by atoms with Gasteiger partial charge in [-0.15, -0.1) is 0 Å². The van der Waals surface area contributed by atoms with E-state index in [4.69, 9.17) is 0 Å². The number of carbonyl (C=O) groups excluding carboxylic acids is 1. The van der Waals surface area contributed by atoms with Gasteiger partial charge in [0.05, 0.1) is 0 Å². The number of Topliss-reactive ketones (excluding diaryl/α,β-unsaturated/α-hetero) is 1. The highest BCUT2D eigenvalue weighted by atomic mass is 28.4. The fourth-order valence-corrected chi connectivity index (χ4v) is 4.24. The van der Waals surface area contributed by atoms with Crippen molar-refractivity contribution < 1.29 is 9.59 Å². The third-order valence-electron chi connectivity index (χ3n) is 4.15. The van der Waals surface area contributed by atoms with Gasteiger partial charge < -0.3 is 4.80 Å². The summed E-state index contributed by atoms with van der Waals surface area (Å²) in [5, 5.41) is 0. The van der Waals surface area contributed by atoms with Crippen molar-refractivity contribution in [2.75, 3.05) is 0 Å². The van der Waals surface area contributed by atoms with Gasteiger partial charge in [0.1, 0.15) is 0 Å². The second kappa shape index (κ2) is 6.26. The van der Waals surface area contributed by atoms with Gasteiger partial charge in [-0.05, 0) is 48.2 Å². The smallest absolute Gasteiger partial charge is 0.207 e. The normalized spacial score (nSPS) is 15.4. The van der Waals surface area contributed by atoms with Gasteiger partial charge in [-0.1, -0.05) is 54.2 Å². The van der Waals surface area contributed by atoms with Crippen LogP contribution in [-0.4, -0.2) is 18.9 Å². The Bertz CT molecular complexity index is 755. The topological polar surface area (TPSA) is 37.3 Å². The molecule has 0 aliphatic heterocycles. The molecule has 0 unspecified atom stereocenters. The standard InChI is InChI=1S/C20H22O2Si/c1-23(2,22)14-18(15-8-4-3-5-9-15)17-12-6-10-16-11-7-13-19(21)20(16)17/h3-6,8-10,12,14,22H,7,11,13H2,1-2H3/b18-14+. The van der Waals surface area contributed by atoms with Crippen molar-refractivity contribution in [3.8, 4) is 0 Å². The minimum atomic E-state index is -2.43. The zero-order valence-corrected chi connectivity index (χ0v) is 14.7. The summed E-state index contributed by atoms with van der Waals surface area (Å²) in [5.41, 5.74) is 6.98. The van der Waals surface area contributed by atoms with E-state index in [-0.39, 0.29) is 5.78 Å². The van der Waals surface area contributed by atoms with Crippen molar-refractivity contribution in [1.82, 2.24) is 0 Å². The summed E-state index contributed by atoms with van der Waals surface area (Å²) in [4.78, 5) is 23.0. The van der Waals surface area contributed by atoms with Gasteiger partial charge >= 0.3 is 0 Å². The van der Waals surface area contributed by atoms with Crippen LogP contribution in [0.15, 0.2) is 54.2 Å². The number of hydrogen-bond donors (Lipinski definition) is 1. The molecule has 3 rings (SSSR count). The molecule has 0 atom stereocenters. The number of ketones is 1. The summed E-state index contributed by atoms with van der Waals surface area (Å²) in [6.45, 7) is 3.79. The fraction of sp³-hybridized carbons (Fsp3) is 0.250. The first-order valence-electron chi connectivity index (χ1n) is 8.12. The minimum absolute atomic E-state index is 0.223. The Labute approximate surface area is 138 Å². The molecule has 2 aromatic carbocycles. The lowest BCUT2D eigenvalue weighted by atomic mass is 9.84. The first-order chi connectivity index (χ1) is 11.0. The molecule has 1 aliphatic carbocycles. The van der Waals surface area contributed by atoms with Crippen LogP contribution in [-0.2, 0) is 6.42 Å². The highest BCUT2D eigenvalue weighted by Gasteiger charge is 2.24. The fourth-order valence-electron chi connectivity index (χ4n) is 3.21. The first kappa shape index (κ1) is 15.9. The summed E-state index contributed by atoms with van der Waals surface area (Å²) in [7, 11) is -2.43. The Hall–Kier alpha value is -1.97. The molecule has 0 saturated carbocycles. The molecule has 0 saturated heterocycles. The van der Waals surface area contributed by atoms with Gasteiger partial charge in [-0.3, -0.25) is 4.79 Å². The van der Waals surface area contributed by atoms with Crippen LogP contribution in [0.1, 0.15) is 39.9 Å². The highest BCUT2D eigenvalue weighted by molar-refractivity contribution is 6.76. The Morgan fingerprint density at radius 2 is 1.78 bits per heavy atom. The molecule has 0 aromatic heterocycles. The van der Waals surface area contributed by atoms with Crippen molar-refractivity contribution in [2.45, 2.75) is 32.4 Å². The summed E-state index contributed by atoms with van der Waals surface area (Å²) in [5.74, 6) is 0.223. The van der Waals surface area contributed by atoms with Crippen LogP contribution in [0.5, 0.6) is 0 Å². The Morgan fingerprint density at radius 3 is 2.48 bits per heavy atom. The van der Waals surface area contributed by atoms with Crippen molar-refractivity contribution in [1.29, 1.82) is 0 Å². The van der Waals surface area contributed by atoms with E-state index in [0.29, 0.717) is 6.42 Å². The van der Waals surface area contributed by atoms with Gasteiger partial charge in [0.2, 0.25) is 8.32 Å². The molecule has 0 radical (unpaired) electrons. The third kappa shape index (κ3) is 3.52. The maximum atomic E-state index is 12.5. The van der Waals surface area contributed by atoms with E-state index in [2.05, 4.69) is 6.07 Å². The lowest BCUT2D eigenvalue weighted by Crippen LogP contribution is -2.23. The number of carbonyl (C=O) groups is 1. The largest absolute Gasteiger partial charge is 0.428 e. The molecule has 1 aliphatic rings. The van der Waals surface area contributed by atoms with Crippen LogP contribution in [0.25, 0.3) is 5.57 Å². The van der Waals surface area contributed by atoms with Crippen LogP contribution in [0.3, 0.4) is 0 Å². The molecular weight excluding hydrogens is 300 g/mol. The van der Waals surface area contributed by atoms with Crippen molar-refractivity contribution >= 4 is 19.7 Å². The number of aryl methyl sites for hydroxylation is 1. The lowest BCUT2D eigenvalue weighted by Gasteiger charge is -2.21. The number of fused-ring (bicyclic) bond motifs is 1. The second-order valence-corrected chi connectivity index (χ2v) is 10.3. The Morgan fingerprint density at radius 1 is 1.04 bits per heavy atom. The highest BCUT2D eigenvalue weighted by Crippen LogP contribution is 2.33. The average Bonchev–Trinajstić information content (AvgIpc) is 2.52. The molecule has 0 amide bonds. The van der Waals surface area contributed by atoms with E-state index in [1.807, 2.05) is 61.3 Å². The maximum absolute atomic E-state index is 12.5. The summed E-state index contributed by atoms with van der Waals surface area (Å²) >= 11 is 0. The lowest BCUT2D eigenvalue weighted by molar-refractivity contribution is 0.0972. The van der Waals surface area contributed by atoms with Crippen molar-refractivity contribution in [2.24, 2.45) is 0 Å². The predicted molar refractivity (Wildman–Crippen MR) is 96.9 cm³/mol. The van der Waals surface area contributed by atoms with Crippen LogP contribution in [0.2, 0.25) is 13.1 Å². The molecule has 0 heterocycles. The van der Waals surface area contributed by atoms with E-state index in [1.54, 1.807) is 0 Å². The van der Waals surface area contributed by atoms with Crippen LogP contribution < -0.4 is 0 Å². The van der Waals surface area contributed by atoms with Gasteiger partial charge in [0.15, 0.2) is 5.78 Å². The van der Waals surface area contributed by atoms with Crippen LogP contribution in [0, 0.1) is 0 Å². The first-order valence-corrected chi connectivity index (χ1v) is 11.1.